The first-order valence-electron chi connectivity index (χ1n) is 6.09. The van der Waals surface area contributed by atoms with Crippen LogP contribution in [0.1, 0.15) is 22.8 Å². The number of carbonyl (C=O) groups excluding carboxylic acids is 1. The number of aromatic nitrogens is 2. The fourth-order valence-electron chi connectivity index (χ4n) is 2.02. The second-order valence-electron chi connectivity index (χ2n) is 4.22. The number of benzene rings is 1. The van der Waals surface area contributed by atoms with Crippen molar-refractivity contribution in [1.82, 2.24) is 10.2 Å². The van der Waals surface area contributed by atoms with Gasteiger partial charge in [-0.1, -0.05) is 25.1 Å². The first kappa shape index (κ1) is 11.9. The van der Waals surface area contributed by atoms with Crippen LogP contribution in [0.15, 0.2) is 35.8 Å². The standard InChI is InChI=1S/C14H13N3OS/c1-2-9-7-15-17-13(9)16-14(18)11-8-19-12-6-4-3-5-10(11)12/h3-8H,2H2,1H3,(H2,15,16,17,18). The summed E-state index contributed by atoms with van der Waals surface area (Å²) in [6.07, 6.45) is 2.57. The summed E-state index contributed by atoms with van der Waals surface area (Å²) < 4.78 is 1.12. The van der Waals surface area contributed by atoms with E-state index in [4.69, 9.17) is 0 Å². The zero-order valence-electron chi connectivity index (χ0n) is 10.4. The SMILES string of the molecule is CCc1cn[nH]c1NC(=O)c1csc2ccccc12. The summed E-state index contributed by atoms with van der Waals surface area (Å²) in [7, 11) is 0. The van der Waals surface area contributed by atoms with E-state index in [-0.39, 0.29) is 5.91 Å². The number of aryl methyl sites for hydroxylation is 1. The van der Waals surface area contributed by atoms with E-state index in [2.05, 4.69) is 15.5 Å². The van der Waals surface area contributed by atoms with E-state index in [1.165, 1.54) is 0 Å². The Morgan fingerprint density at radius 1 is 1.42 bits per heavy atom. The molecule has 0 spiro atoms. The monoisotopic (exact) mass is 271 g/mol. The van der Waals surface area contributed by atoms with Gasteiger partial charge in [-0.15, -0.1) is 11.3 Å². The number of amides is 1. The zero-order valence-corrected chi connectivity index (χ0v) is 11.3. The molecule has 5 heteroatoms. The summed E-state index contributed by atoms with van der Waals surface area (Å²) in [6, 6.07) is 7.91. The Kier molecular flexibility index (Phi) is 3.05. The van der Waals surface area contributed by atoms with E-state index in [1.54, 1.807) is 17.5 Å². The average Bonchev–Trinajstić information content (AvgIpc) is 3.04. The minimum Gasteiger partial charge on any atom is -0.307 e. The predicted octanol–water partition coefficient (Wildman–Crippen LogP) is 3.44. The maximum absolute atomic E-state index is 12.3. The van der Waals surface area contributed by atoms with Crippen molar-refractivity contribution in [3.8, 4) is 0 Å². The highest BCUT2D eigenvalue weighted by atomic mass is 32.1. The Labute approximate surface area is 114 Å². The number of hydrogen-bond acceptors (Lipinski definition) is 3. The highest BCUT2D eigenvalue weighted by Gasteiger charge is 2.14. The molecule has 0 bridgehead atoms. The normalized spacial score (nSPS) is 10.8. The van der Waals surface area contributed by atoms with Gasteiger partial charge in [0, 0.05) is 21.0 Å². The van der Waals surface area contributed by atoms with Gasteiger partial charge in [0.1, 0.15) is 5.82 Å². The van der Waals surface area contributed by atoms with Crippen LogP contribution in [0.2, 0.25) is 0 Å². The van der Waals surface area contributed by atoms with Crippen molar-refractivity contribution in [3.63, 3.8) is 0 Å². The number of fused-ring (bicyclic) bond motifs is 1. The molecule has 4 nitrogen and oxygen atoms in total. The second kappa shape index (κ2) is 4.85. The number of thiophene rings is 1. The molecule has 1 amide bonds. The number of rotatable bonds is 3. The largest absolute Gasteiger partial charge is 0.307 e. The Bertz CT molecular complexity index is 729. The van der Waals surface area contributed by atoms with Crippen LogP contribution < -0.4 is 5.32 Å². The molecule has 0 radical (unpaired) electrons. The molecule has 96 valence electrons. The third-order valence-corrected chi connectivity index (χ3v) is 4.03. The smallest absolute Gasteiger partial charge is 0.258 e. The van der Waals surface area contributed by atoms with E-state index in [1.807, 2.05) is 36.6 Å². The molecule has 0 atom stereocenters. The van der Waals surface area contributed by atoms with E-state index < -0.39 is 0 Å². The van der Waals surface area contributed by atoms with Crippen LogP contribution in [0.5, 0.6) is 0 Å². The van der Waals surface area contributed by atoms with Gasteiger partial charge in [-0.2, -0.15) is 5.10 Å². The van der Waals surface area contributed by atoms with Crippen LogP contribution in [-0.4, -0.2) is 16.1 Å². The van der Waals surface area contributed by atoms with Crippen molar-refractivity contribution in [2.75, 3.05) is 5.32 Å². The highest BCUT2D eigenvalue weighted by molar-refractivity contribution is 7.17. The number of nitrogens with zero attached hydrogens (tertiary/aromatic N) is 1. The molecule has 3 rings (SSSR count). The average molecular weight is 271 g/mol. The van der Waals surface area contributed by atoms with Crippen molar-refractivity contribution in [3.05, 3.63) is 47.0 Å². The molecule has 0 saturated carbocycles. The molecule has 0 aliphatic rings. The van der Waals surface area contributed by atoms with Crippen LogP contribution >= 0.6 is 11.3 Å². The van der Waals surface area contributed by atoms with Gasteiger partial charge < -0.3 is 5.32 Å². The molecular weight excluding hydrogens is 258 g/mol. The van der Waals surface area contributed by atoms with Crippen molar-refractivity contribution in [2.45, 2.75) is 13.3 Å². The van der Waals surface area contributed by atoms with E-state index in [0.29, 0.717) is 11.4 Å². The molecule has 0 fully saturated rings. The summed E-state index contributed by atoms with van der Waals surface area (Å²) in [5, 5.41) is 12.5. The van der Waals surface area contributed by atoms with Crippen LogP contribution in [0.25, 0.3) is 10.1 Å². The van der Waals surface area contributed by atoms with E-state index >= 15 is 0 Å². The number of aromatic amines is 1. The van der Waals surface area contributed by atoms with Crippen molar-refractivity contribution < 1.29 is 4.79 Å². The maximum atomic E-state index is 12.3. The van der Waals surface area contributed by atoms with Gasteiger partial charge in [-0.25, -0.2) is 0 Å². The number of nitrogens with one attached hydrogen (secondary N) is 2. The first-order chi connectivity index (χ1) is 9.29. The third kappa shape index (κ3) is 2.13. The van der Waals surface area contributed by atoms with Gasteiger partial charge in [0.25, 0.3) is 5.91 Å². The Hall–Kier alpha value is -2.14. The molecular formula is C14H13N3OS. The number of carbonyl (C=O) groups is 1. The van der Waals surface area contributed by atoms with Crippen molar-refractivity contribution >= 4 is 33.1 Å². The Morgan fingerprint density at radius 3 is 3.11 bits per heavy atom. The van der Waals surface area contributed by atoms with Crippen molar-refractivity contribution in [1.29, 1.82) is 0 Å². The fourth-order valence-corrected chi connectivity index (χ4v) is 2.96. The van der Waals surface area contributed by atoms with Gasteiger partial charge in [-0.05, 0) is 12.5 Å². The molecule has 3 aromatic rings. The molecule has 0 aliphatic heterocycles. The number of anilines is 1. The van der Waals surface area contributed by atoms with E-state index in [0.717, 1.165) is 22.1 Å². The second-order valence-corrected chi connectivity index (χ2v) is 5.13. The summed E-state index contributed by atoms with van der Waals surface area (Å²) >= 11 is 1.58. The lowest BCUT2D eigenvalue weighted by atomic mass is 10.1. The topological polar surface area (TPSA) is 57.8 Å². The minimum absolute atomic E-state index is 0.101. The van der Waals surface area contributed by atoms with Crippen LogP contribution in [0, 0.1) is 0 Å². The molecule has 2 N–H and O–H groups in total. The lowest BCUT2D eigenvalue weighted by molar-refractivity contribution is 0.102. The molecule has 2 heterocycles. The summed E-state index contributed by atoms with van der Waals surface area (Å²) in [5.74, 6) is 0.583. The number of hydrogen-bond donors (Lipinski definition) is 2. The van der Waals surface area contributed by atoms with Gasteiger partial charge in [-0.3, -0.25) is 9.89 Å². The third-order valence-electron chi connectivity index (χ3n) is 3.06. The summed E-state index contributed by atoms with van der Waals surface area (Å²) in [5.41, 5.74) is 1.71. The summed E-state index contributed by atoms with van der Waals surface area (Å²) in [4.78, 5) is 12.3. The van der Waals surface area contributed by atoms with Gasteiger partial charge >= 0.3 is 0 Å². The molecule has 2 aromatic heterocycles. The summed E-state index contributed by atoms with van der Waals surface area (Å²) in [6.45, 7) is 2.03. The van der Waals surface area contributed by atoms with Gasteiger partial charge in [0.05, 0.1) is 11.8 Å². The predicted molar refractivity (Wildman–Crippen MR) is 77.7 cm³/mol. The molecule has 0 saturated heterocycles. The molecule has 1 aromatic carbocycles. The van der Waals surface area contributed by atoms with Crippen LogP contribution in [0.4, 0.5) is 5.82 Å². The van der Waals surface area contributed by atoms with Gasteiger partial charge in [0.15, 0.2) is 0 Å². The van der Waals surface area contributed by atoms with E-state index in [9.17, 15) is 4.79 Å². The maximum Gasteiger partial charge on any atom is 0.258 e. The molecule has 19 heavy (non-hydrogen) atoms. The Morgan fingerprint density at radius 2 is 2.26 bits per heavy atom. The minimum atomic E-state index is -0.101. The van der Waals surface area contributed by atoms with Crippen LogP contribution in [0.3, 0.4) is 0 Å². The lowest BCUT2D eigenvalue weighted by Crippen LogP contribution is -2.12. The van der Waals surface area contributed by atoms with Gasteiger partial charge in [0.2, 0.25) is 0 Å². The van der Waals surface area contributed by atoms with Crippen LogP contribution in [-0.2, 0) is 6.42 Å². The Balaban J connectivity index is 1.92. The lowest BCUT2D eigenvalue weighted by Gasteiger charge is -2.03. The molecule has 0 unspecified atom stereocenters. The molecule has 0 aliphatic carbocycles. The zero-order chi connectivity index (χ0) is 13.2. The fraction of sp³-hybridized carbons (Fsp3) is 0.143. The number of H-pyrrole nitrogens is 1. The highest BCUT2D eigenvalue weighted by Crippen LogP contribution is 2.26. The first-order valence-corrected chi connectivity index (χ1v) is 6.97. The van der Waals surface area contributed by atoms with Crippen molar-refractivity contribution in [2.24, 2.45) is 0 Å². The quantitative estimate of drug-likeness (QED) is 0.766.